The van der Waals surface area contributed by atoms with Gasteiger partial charge in [-0.3, -0.25) is 4.79 Å². The van der Waals surface area contributed by atoms with E-state index in [1.165, 1.54) is 13.8 Å². The molecular weight excluding hydrogens is 421 g/mol. The first-order valence-corrected chi connectivity index (χ1v) is 7.45. The van der Waals surface area contributed by atoms with E-state index in [4.69, 9.17) is 0 Å². The van der Waals surface area contributed by atoms with Crippen molar-refractivity contribution in [1.82, 2.24) is 0 Å². The zero-order valence-electron chi connectivity index (χ0n) is 13.5. The molecule has 27 heavy (non-hydrogen) atoms. The number of aryl methyl sites for hydroxylation is 1. The van der Waals surface area contributed by atoms with Crippen LogP contribution in [0.3, 0.4) is 0 Å². The Labute approximate surface area is 149 Å². The molecular formula is C13H10F9NO3S. The molecule has 1 aromatic heterocycles. The Morgan fingerprint density at radius 1 is 0.926 bits per heavy atom. The molecule has 0 aromatic carbocycles. The Morgan fingerprint density at radius 2 is 1.41 bits per heavy atom. The summed E-state index contributed by atoms with van der Waals surface area (Å²) in [5.74, 6) is -25.1. The van der Waals surface area contributed by atoms with Gasteiger partial charge in [0, 0.05) is 4.88 Å². The first-order chi connectivity index (χ1) is 11.9. The molecule has 1 rings (SSSR count). The number of anilines is 1. The number of alkyl halides is 9. The third-order valence-electron chi connectivity index (χ3n) is 3.43. The van der Waals surface area contributed by atoms with E-state index in [1.54, 1.807) is 0 Å². The SMILES string of the molecule is COC(=O)c1c(NC(=O)C(F)(F)C(F)(F)C(F)(F)C(F)(F)F)sc(C)c1C. The van der Waals surface area contributed by atoms with Crippen molar-refractivity contribution in [3.63, 3.8) is 0 Å². The minimum Gasteiger partial charge on any atom is -0.465 e. The maximum atomic E-state index is 13.6. The first kappa shape index (κ1) is 23.0. The third-order valence-corrected chi connectivity index (χ3v) is 4.55. The summed E-state index contributed by atoms with van der Waals surface area (Å²) < 4.78 is 120. The predicted molar refractivity (Wildman–Crippen MR) is 74.7 cm³/mol. The molecule has 0 unspecified atom stereocenters. The van der Waals surface area contributed by atoms with Gasteiger partial charge in [0.15, 0.2) is 0 Å². The number of rotatable bonds is 5. The van der Waals surface area contributed by atoms with Gasteiger partial charge in [-0.2, -0.15) is 39.5 Å². The third kappa shape index (κ3) is 3.58. The maximum absolute atomic E-state index is 13.6. The van der Waals surface area contributed by atoms with E-state index in [-0.39, 0.29) is 10.4 Å². The Balaban J connectivity index is 3.35. The number of thiophene rings is 1. The lowest BCUT2D eigenvalue weighted by atomic mass is 10.0. The van der Waals surface area contributed by atoms with Gasteiger partial charge >= 0.3 is 35.8 Å². The number of nitrogens with one attached hydrogen (secondary N) is 1. The smallest absolute Gasteiger partial charge is 0.460 e. The molecule has 0 spiro atoms. The maximum Gasteiger partial charge on any atom is 0.460 e. The fourth-order valence-electron chi connectivity index (χ4n) is 1.76. The van der Waals surface area contributed by atoms with Crippen molar-refractivity contribution >= 4 is 28.2 Å². The van der Waals surface area contributed by atoms with Crippen LogP contribution >= 0.6 is 11.3 Å². The second-order valence-corrected chi connectivity index (χ2v) is 6.38. The van der Waals surface area contributed by atoms with Gasteiger partial charge in [0.1, 0.15) is 5.00 Å². The van der Waals surface area contributed by atoms with Gasteiger partial charge < -0.3 is 10.1 Å². The lowest BCUT2D eigenvalue weighted by Crippen LogP contribution is -2.64. The number of hydrogen-bond donors (Lipinski definition) is 1. The molecule has 14 heteroatoms. The Bertz CT molecular complexity index is 755. The normalized spacial score (nSPS) is 13.5. The standard InChI is InChI=1S/C13H10F9NO3S/c1-4-5(2)27-7(6(4)8(24)26-3)23-9(25)10(14,15)11(16,17)12(18,19)13(20,21)22/h1-3H3,(H,23,25). The van der Waals surface area contributed by atoms with E-state index in [2.05, 4.69) is 4.74 Å². The number of ether oxygens (including phenoxy) is 1. The van der Waals surface area contributed by atoms with Gasteiger partial charge in [-0.1, -0.05) is 0 Å². The molecule has 0 saturated carbocycles. The zero-order chi connectivity index (χ0) is 21.6. The molecule has 0 atom stereocenters. The van der Waals surface area contributed by atoms with Crippen LogP contribution in [0.25, 0.3) is 0 Å². The molecule has 154 valence electrons. The summed E-state index contributed by atoms with van der Waals surface area (Å²) >= 11 is 0.432. The summed E-state index contributed by atoms with van der Waals surface area (Å²) in [6, 6.07) is 0. The molecule has 1 aromatic rings. The molecule has 1 N–H and O–H groups in total. The average Bonchev–Trinajstić information content (AvgIpc) is 2.79. The lowest BCUT2D eigenvalue weighted by molar-refractivity contribution is -0.388. The number of hydrogen-bond acceptors (Lipinski definition) is 4. The minimum absolute atomic E-state index is 0.0952. The summed E-state index contributed by atoms with van der Waals surface area (Å²) in [6.07, 6.45) is -7.05. The first-order valence-electron chi connectivity index (χ1n) is 6.63. The predicted octanol–water partition coefficient (Wildman–Crippen LogP) is 4.56. The van der Waals surface area contributed by atoms with Gasteiger partial charge in [0.2, 0.25) is 0 Å². The summed E-state index contributed by atoms with van der Waals surface area (Å²) in [7, 11) is 0.868. The van der Waals surface area contributed by atoms with Crippen LogP contribution in [0.1, 0.15) is 20.8 Å². The number of carbonyl (C=O) groups excluding carboxylic acids is 2. The number of methoxy groups -OCH3 is 1. The van der Waals surface area contributed by atoms with Crippen molar-refractivity contribution in [2.24, 2.45) is 0 Å². The van der Waals surface area contributed by atoms with Crippen LogP contribution in [0.2, 0.25) is 0 Å². The highest BCUT2D eigenvalue weighted by Gasteiger charge is 2.83. The van der Waals surface area contributed by atoms with Crippen LogP contribution in [-0.2, 0) is 9.53 Å². The Hall–Kier alpha value is -1.99. The van der Waals surface area contributed by atoms with Gasteiger partial charge in [0.25, 0.3) is 0 Å². The van der Waals surface area contributed by atoms with E-state index >= 15 is 0 Å². The fraction of sp³-hybridized carbons (Fsp3) is 0.538. The van der Waals surface area contributed by atoms with Crippen LogP contribution in [0, 0.1) is 13.8 Å². The van der Waals surface area contributed by atoms with Crippen LogP contribution in [-0.4, -0.2) is 42.9 Å². The summed E-state index contributed by atoms with van der Waals surface area (Å²) in [5.41, 5.74) is -0.437. The van der Waals surface area contributed by atoms with E-state index in [0.717, 1.165) is 12.4 Å². The summed E-state index contributed by atoms with van der Waals surface area (Å²) in [6.45, 7) is 2.62. The second-order valence-electron chi connectivity index (χ2n) is 5.15. The average molecular weight is 431 g/mol. The summed E-state index contributed by atoms with van der Waals surface area (Å²) in [4.78, 5) is 23.3. The van der Waals surface area contributed by atoms with E-state index in [1.807, 2.05) is 0 Å². The van der Waals surface area contributed by atoms with Crippen molar-refractivity contribution in [3.8, 4) is 0 Å². The van der Waals surface area contributed by atoms with Crippen molar-refractivity contribution in [2.45, 2.75) is 37.8 Å². The molecule has 1 amide bonds. The molecule has 0 bridgehead atoms. The Kier molecular flexibility index (Phi) is 5.87. The topological polar surface area (TPSA) is 55.4 Å². The quantitative estimate of drug-likeness (QED) is 0.550. The number of halogens is 9. The number of esters is 1. The Morgan fingerprint density at radius 3 is 1.81 bits per heavy atom. The van der Waals surface area contributed by atoms with Crippen molar-refractivity contribution < 1.29 is 53.8 Å². The summed E-state index contributed by atoms with van der Waals surface area (Å²) in [5, 5.41) is 0.335. The van der Waals surface area contributed by atoms with Crippen molar-refractivity contribution in [3.05, 3.63) is 16.0 Å². The largest absolute Gasteiger partial charge is 0.465 e. The molecule has 4 nitrogen and oxygen atoms in total. The minimum atomic E-state index is -7.20. The monoisotopic (exact) mass is 431 g/mol. The lowest BCUT2D eigenvalue weighted by Gasteiger charge is -2.32. The van der Waals surface area contributed by atoms with Gasteiger partial charge in [0.05, 0.1) is 12.7 Å². The van der Waals surface area contributed by atoms with Gasteiger partial charge in [-0.15, -0.1) is 11.3 Å². The van der Waals surface area contributed by atoms with E-state index < -0.39 is 46.4 Å². The highest BCUT2D eigenvalue weighted by Crippen LogP contribution is 2.53. The second kappa shape index (κ2) is 6.87. The molecule has 0 aliphatic carbocycles. The highest BCUT2D eigenvalue weighted by molar-refractivity contribution is 7.16. The van der Waals surface area contributed by atoms with Crippen LogP contribution in [0.5, 0.6) is 0 Å². The zero-order valence-corrected chi connectivity index (χ0v) is 14.4. The number of amides is 1. The molecule has 0 saturated heterocycles. The molecule has 0 aliphatic heterocycles. The van der Waals surface area contributed by atoms with E-state index in [9.17, 15) is 49.1 Å². The van der Waals surface area contributed by atoms with Gasteiger partial charge in [-0.05, 0) is 19.4 Å². The molecule has 1 heterocycles. The van der Waals surface area contributed by atoms with Crippen LogP contribution < -0.4 is 5.32 Å². The fourth-order valence-corrected chi connectivity index (χ4v) is 2.81. The molecule has 0 aliphatic rings. The van der Waals surface area contributed by atoms with Crippen LogP contribution in [0.15, 0.2) is 0 Å². The molecule has 0 radical (unpaired) electrons. The van der Waals surface area contributed by atoms with Gasteiger partial charge in [-0.25, -0.2) is 4.79 Å². The van der Waals surface area contributed by atoms with Crippen molar-refractivity contribution in [2.75, 3.05) is 12.4 Å². The van der Waals surface area contributed by atoms with E-state index in [0.29, 0.717) is 11.3 Å². The number of carbonyl (C=O) groups is 2. The van der Waals surface area contributed by atoms with Crippen molar-refractivity contribution in [1.29, 1.82) is 0 Å². The highest BCUT2D eigenvalue weighted by atomic mass is 32.1. The van der Waals surface area contributed by atoms with Crippen LogP contribution in [0.4, 0.5) is 44.5 Å². The molecule has 0 fully saturated rings.